The maximum atomic E-state index is 17.2. The SMILES string of the molecule is C=CC(=O)N1CCN(c2nc(O[C@H](C)CN3CC(OC4CCN(CC(=O)N[C@H](C(=O)N5C[C@H](O)C[C@H]5C(=C)N[C@@H](C)c5ccc(-c6scnc6C)cc5)C(C)(C)C)CC4)C3)nc3c(F)c(-c4cc(O)cc5ccccc45)c(Cl)cc23)CC1. The Morgan fingerprint density at radius 2 is 1.65 bits per heavy atom. The topological polar surface area (TPSA) is 189 Å². The summed E-state index contributed by atoms with van der Waals surface area (Å²) >= 11 is 8.56. The van der Waals surface area contributed by atoms with Gasteiger partial charge in [-0.25, -0.2) is 9.37 Å². The number of ether oxygens (including phenoxy) is 2. The minimum absolute atomic E-state index is 0.00307. The molecule has 0 spiro atoms. The van der Waals surface area contributed by atoms with Gasteiger partial charge in [0.1, 0.15) is 29.2 Å². The molecule has 5 atom stereocenters. The third-order valence-electron chi connectivity index (χ3n) is 16.3. The number of aliphatic hydroxyl groups excluding tert-OH is 1. The largest absolute Gasteiger partial charge is 0.508 e. The number of halogens is 2. The summed E-state index contributed by atoms with van der Waals surface area (Å²) in [6.45, 7) is 25.0. The Kier molecular flexibility index (Phi) is 17.5. The summed E-state index contributed by atoms with van der Waals surface area (Å²) in [5.41, 5.74) is 5.59. The number of aromatic hydroxyl groups is 1. The first-order valence-corrected chi connectivity index (χ1v) is 29.6. The molecule has 0 saturated carbocycles. The van der Waals surface area contributed by atoms with Crippen LogP contribution in [-0.4, -0.2) is 171 Å². The lowest BCUT2D eigenvalue weighted by atomic mass is 9.85. The molecule has 82 heavy (non-hydrogen) atoms. The highest BCUT2D eigenvalue weighted by molar-refractivity contribution is 7.13. The zero-order chi connectivity index (χ0) is 58.1. The third-order valence-corrected chi connectivity index (χ3v) is 17.5. The number of hydrogen-bond donors (Lipinski definition) is 4. The van der Waals surface area contributed by atoms with E-state index in [4.69, 9.17) is 26.1 Å². The average Bonchev–Trinajstić information content (AvgIpc) is 3.66. The van der Waals surface area contributed by atoms with Crippen molar-refractivity contribution in [3.05, 3.63) is 119 Å². The van der Waals surface area contributed by atoms with E-state index in [1.165, 1.54) is 12.1 Å². The van der Waals surface area contributed by atoms with Gasteiger partial charge < -0.3 is 45.0 Å². The van der Waals surface area contributed by atoms with Gasteiger partial charge in [0.05, 0.1) is 52.0 Å². The fraction of sp³-hybridized carbons (Fsp3) is 0.452. The summed E-state index contributed by atoms with van der Waals surface area (Å²) < 4.78 is 30.1. The van der Waals surface area contributed by atoms with Crippen LogP contribution in [0.25, 0.3) is 43.2 Å². The molecule has 0 bridgehead atoms. The highest BCUT2D eigenvalue weighted by atomic mass is 35.5. The van der Waals surface area contributed by atoms with Crippen molar-refractivity contribution in [2.24, 2.45) is 5.41 Å². The molecule has 4 aliphatic heterocycles. The first kappa shape index (κ1) is 58.5. The lowest BCUT2D eigenvalue weighted by molar-refractivity contribution is -0.140. The molecule has 4 fully saturated rings. The molecule has 3 amide bonds. The number of aryl methyl sites for hydroxylation is 1. The highest BCUT2D eigenvalue weighted by Crippen LogP contribution is 2.43. The Bertz CT molecular complexity index is 3350. The highest BCUT2D eigenvalue weighted by Gasteiger charge is 2.43. The Morgan fingerprint density at radius 3 is 2.33 bits per heavy atom. The second-order valence-electron chi connectivity index (χ2n) is 23.4. The lowest BCUT2D eigenvalue weighted by Gasteiger charge is -2.43. The molecule has 0 unspecified atom stereocenters. The Morgan fingerprint density at radius 1 is 0.927 bits per heavy atom. The number of anilines is 1. The van der Waals surface area contributed by atoms with Crippen LogP contribution in [0.4, 0.5) is 10.2 Å². The molecule has 0 radical (unpaired) electrons. The molecule has 17 nitrogen and oxygen atoms in total. The minimum Gasteiger partial charge on any atom is -0.508 e. The van der Waals surface area contributed by atoms with Crippen LogP contribution in [0.15, 0.2) is 97.2 Å². The average molecular weight is 1160 g/mol. The van der Waals surface area contributed by atoms with E-state index >= 15 is 4.39 Å². The van der Waals surface area contributed by atoms with Gasteiger partial charge in [-0.15, -0.1) is 11.3 Å². The van der Waals surface area contributed by atoms with Crippen molar-refractivity contribution in [1.29, 1.82) is 0 Å². The van der Waals surface area contributed by atoms with E-state index in [1.807, 2.05) is 76.2 Å². The number of hydrogen-bond acceptors (Lipinski definition) is 15. The van der Waals surface area contributed by atoms with Gasteiger partial charge in [-0.2, -0.15) is 9.97 Å². The van der Waals surface area contributed by atoms with E-state index < -0.39 is 29.4 Å². The summed E-state index contributed by atoms with van der Waals surface area (Å²) in [6, 6.07) is 19.1. The number of fused-ring (bicyclic) bond motifs is 2. The Hall–Kier alpha value is -6.74. The van der Waals surface area contributed by atoms with Crippen LogP contribution in [0.2, 0.25) is 5.02 Å². The molecule has 4 saturated heterocycles. The normalized spacial score (nSPS) is 19.7. The number of phenolic OH excluding ortho intramolecular Hbond substituents is 1. The van der Waals surface area contributed by atoms with Gasteiger partial charge in [-0.05, 0) is 90.8 Å². The molecule has 6 aromatic rings. The van der Waals surface area contributed by atoms with E-state index in [0.717, 1.165) is 39.9 Å². The van der Waals surface area contributed by atoms with Crippen LogP contribution in [0, 0.1) is 18.2 Å². The van der Waals surface area contributed by atoms with Crippen molar-refractivity contribution in [3.8, 4) is 33.3 Å². The van der Waals surface area contributed by atoms with Crippen LogP contribution < -0.4 is 20.3 Å². The maximum Gasteiger partial charge on any atom is 0.319 e. The summed E-state index contributed by atoms with van der Waals surface area (Å²) in [7, 11) is 0. The van der Waals surface area contributed by atoms with E-state index in [9.17, 15) is 24.6 Å². The monoisotopic (exact) mass is 1160 g/mol. The molecular weight excluding hydrogens is 1080 g/mol. The number of piperazine rings is 1. The summed E-state index contributed by atoms with van der Waals surface area (Å²) in [5, 5.41) is 30.1. The number of nitrogens with zero attached hydrogens (tertiary/aromatic N) is 8. The van der Waals surface area contributed by atoms with Crippen LogP contribution >= 0.6 is 22.9 Å². The number of thiazole rings is 1. The van der Waals surface area contributed by atoms with E-state index in [2.05, 4.69) is 67.8 Å². The minimum atomic E-state index is -0.828. The number of amides is 3. The molecular formula is C62H74ClFN10O7S. The molecule has 0 aliphatic carbocycles. The zero-order valence-corrected chi connectivity index (χ0v) is 49.1. The summed E-state index contributed by atoms with van der Waals surface area (Å²) in [6.07, 6.45) is 2.11. The van der Waals surface area contributed by atoms with Gasteiger partial charge in [0.2, 0.25) is 17.7 Å². The molecule has 6 heterocycles. The Balaban J connectivity index is 0.713. The van der Waals surface area contributed by atoms with Crippen LogP contribution in [0.3, 0.4) is 0 Å². The van der Waals surface area contributed by atoms with Gasteiger partial charge in [0.15, 0.2) is 5.82 Å². The molecule has 4 aliphatic rings. The molecule has 2 aromatic heterocycles. The zero-order valence-electron chi connectivity index (χ0n) is 47.5. The second kappa shape index (κ2) is 24.6. The molecule has 434 valence electrons. The first-order valence-electron chi connectivity index (χ1n) is 28.3. The maximum absolute atomic E-state index is 17.2. The molecule has 4 N–H and O–H groups in total. The van der Waals surface area contributed by atoms with E-state index in [0.29, 0.717) is 93.2 Å². The number of nitrogens with one attached hydrogen (secondary N) is 2. The number of aliphatic hydroxyl groups is 1. The predicted octanol–water partition coefficient (Wildman–Crippen LogP) is 8.50. The van der Waals surface area contributed by atoms with Crippen LogP contribution in [0.1, 0.15) is 71.2 Å². The molecule has 4 aromatic carbocycles. The number of aromatic nitrogens is 3. The molecule has 20 heteroatoms. The third kappa shape index (κ3) is 12.9. The van der Waals surface area contributed by atoms with Gasteiger partial charge in [-0.3, -0.25) is 24.2 Å². The van der Waals surface area contributed by atoms with Crippen molar-refractivity contribution in [3.63, 3.8) is 0 Å². The van der Waals surface area contributed by atoms with Crippen molar-refractivity contribution < 1.29 is 38.5 Å². The number of rotatable bonds is 18. The first-order chi connectivity index (χ1) is 39.2. The van der Waals surface area contributed by atoms with Crippen molar-refractivity contribution in [1.82, 2.24) is 45.2 Å². The van der Waals surface area contributed by atoms with Gasteiger partial charge in [-0.1, -0.05) is 94.1 Å². The number of carbonyl (C=O) groups is 3. The fourth-order valence-corrected chi connectivity index (χ4v) is 13.0. The standard InChI is InChI=1S/C62H74ClFN10O7S/c1-9-53(78)72-22-24-73(25-23-72)59-49-29-50(63)54(48-27-43(75)26-42-12-10-11-13-47(42)48)55(64)56(49)68-61(69-59)80-36(2)30-71-32-46(33-71)81-45-18-20-70(21-19-45)34-52(77)67-58(62(6,7)8)60(79)74-31-44(76)28-51(74)38(4)66-37(3)40-14-16-41(17-15-40)57-39(5)65-35-82-57/h9-17,26-27,29,35-37,44-46,51,58,66,75-76H,1,4,18-25,28,30-34H2,2-3,5-8H3,(H,67,77)/t36-,37+,44-,51+,58-/m1/s1. The number of likely N-dealkylation sites (tertiary alicyclic amines) is 3. The van der Waals surface area contributed by atoms with Crippen molar-refractivity contribution >= 4 is 68.2 Å². The van der Waals surface area contributed by atoms with Crippen molar-refractivity contribution in [2.75, 3.05) is 76.9 Å². The predicted molar refractivity (Wildman–Crippen MR) is 319 cm³/mol. The quantitative estimate of drug-likeness (QED) is 0.0600. The summed E-state index contributed by atoms with van der Waals surface area (Å²) in [5.74, 6) is -0.904. The number of carbonyl (C=O) groups excluding carboxylic acids is 3. The van der Waals surface area contributed by atoms with Gasteiger partial charge in [0, 0.05) is 94.6 Å². The Labute approximate surface area is 487 Å². The number of β-amino-alcohol motifs (C(OH)–C–C–N with tert-alkyl or cyclic N) is 1. The van der Waals surface area contributed by atoms with Crippen molar-refractivity contribution in [2.45, 2.75) is 103 Å². The van der Waals surface area contributed by atoms with Gasteiger partial charge >= 0.3 is 6.01 Å². The van der Waals surface area contributed by atoms with E-state index in [-0.39, 0.29) is 83.0 Å². The second-order valence-corrected chi connectivity index (χ2v) is 24.7. The van der Waals surface area contributed by atoms with Crippen LogP contribution in [-0.2, 0) is 19.1 Å². The van der Waals surface area contributed by atoms with Crippen LogP contribution in [0.5, 0.6) is 11.8 Å². The van der Waals surface area contributed by atoms with Gasteiger partial charge in [0.25, 0.3) is 0 Å². The number of piperidine rings is 1. The van der Waals surface area contributed by atoms with E-state index in [1.54, 1.807) is 33.3 Å². The number of phenols is 1. The molecule has 10 rings (SSSR count). The lowest BCUT2D eigenvalue weighted by Crippen LogP contribution is -2.58. The summed E-state index contributed by atoms with van der Waals surface area (Å²) in [4.78, 5) is 65.4. The smallest absolute Gasteiger partial charge is 0.319 e. The number of benzene rings is 4. The fourth-order valence-electron chi connectivity index (χ4n) is 11.9.